The third kappa shape index (κ3) is 3.05. The number of nitrogens with zero attached hydrogens (tertiary/aromatic N) is 2. The normalized spacial score (nSPS) is 16.6. The van der Waals surface area contributed by atoms with Crippen LogP contribution in [0.1, 0.15) is 16.1 Å². The minimum Gasteiger partial charge on any atom is -0.472 e. The van der Waals surface area contributed by atoms with Crippen LogP contribution in [0.3, 0.4) is 0 Å². The average Bonchev–Trinajstić information content (AvgIpc) is 2.98. The molecule has 2 aromatic rings. The molecule has 19 heavy (non-hydrogen) atoms. The summed E-state index contributed by atoms with van der Waals surface area (Å²) < 4.78 is 5.04. The van der Waals surface area contributed by atoms with E-state index in [2.05, 4.69) is 22.0 Å². The number of fused-ring (bicyclic) bond motifs is 1. The Balaban J connectivity index is 1.56. The van der Waals surface area contributed by atoms with Crippen LogP contribution in [0, 0.1) is 0 Å². The summed E-state index contributed by atoms with van der Waals surface area (Å²) >= 11 is 1.64. The van der Waals surface area contributed by atoms with Gasteiger partial charge in [0.25, 0.3) is 0 Å². The maximum atomic E-state index is 5.75. The van der Waals surface area contributed by atoms with Gasteiger partial charge < -0.3 is 10.2 Å². The van der Waals surface area contributed by atoms with Crippen LogP contribution in [0.5, 0.6) is 0 Å². The van der Waals surface area contributed by atoms with E-state index in [1.807, 2.05) is 6.07 Å². The molecule has 0 atom stereocenters. The maximum Gasteiger partial charge on any atom is 0.180 e. The van der Waals surface area contributed by atoms with E-state index < -0.39 is 0 Å². The van der Waals surface area contributed by atoms with Gasteiger partial charge in [-0.15, -0.1) is 11.3 Å². The average molecular weight is 275 g/mol. The van der Waals surface area contributed by atoms with E-state index in [0.29, 0.717) is 5.13 Å². The number of hydrogen-bond donors (Lipinski definition) is 1. The van der Waals surface area contributed by atoms with Crippen molar-refractivity contribution in [1.82, 2.24) is 9.88 Å². The van der Waals surface area contributed by atoms with Gasteiger partial charge in [-0.25, -0.2) is 4.98 Å². The molecule has 0 unspecified atom stereocenters. The molecule has 0 radical (unpaired) electrons. The van der Waals surface area contributed by atoms with Gasteiger partial charge >= 0.3 is 0 Å². The topological polar surface area (TPSA) is 55.3 Å². The Morgan fingerprint density at radius 3 is 3.16 bits per heavy atom. The number of nitrogens with two attached hydrogens (primary N) is 1. The third-order valence-electron chi connectivity index (χ3n) is 3.33. The number of hydrogen-bond acceptors (Lipinski definition) is 5. The van der Waals surface area contributed by atoms with Crippen LogP contribution in [-0.4, -0.2) is 29.5 Å². The molecule has 0 aromatic carbocycles. The van der Waals surface area contributed by atoms with Crippen molar-refractivity contribution in [2.24, 2.45) is 0 Å². The lowest BCUT2D eigenvalue weighted by molar-refractivity contribution is 0.318. The molecule has 3 rings (SSSR count). The zero-order valence-corrected chi connectivity index (χ0v) is 11.5. The lowest BCUT2D eigenvalue weighted by Gasteiger charge is -2.17. The number of aromatic nitrogens is 1. The Bertz CT molecular complexity index is 534. The standard InChI is InChI=1S/C14H17N3OS/c15-14-16-12-3-7-17(8-4-13(12)19-14)6-1-2-11-5-9-18-10-11/h1-2,5,9-10H,3-4,6-8H2,(H2,15,16). The van der Waals surface area contributed by atoms with Gasteiger partial charge in [-0.05, 0) is 12.5 Å². The molecule has 0 saturated carbocycles. The van der Waals surface area contributed by atoms with E-state index in [4.69, 9.17) is 10.2 Å². The largest absolute Gasteiger partial charge is 0.472 e. The summed E-state index contributed by atoms with van der Waals surface area (Å²) in [5.41, 5.74) is 8.06. The Labute approximate surface area is 116 Å². The van der Waals surface area contributed by atoms with Gasteiger partial charge in [0.2, 0.25) is 0 Å². The molecule has 0 aliphatic carbocycles. The predicted molar refractivity (Wildman–Crippen MR) is 78.1 cm³/mol. The van der Waals surface area contributed by atoms with E-state index in [1.54, 1.807) is 23.9 Å². The summed E-state index contributed by atoms with van der Waals surface area (Å²) in [7, 11) is 0. The van der Waals surface area contributed by atoms with E-state index in [1.165, 1.54) is 10.6 Å². The highest BCUT2D eigenvalue weighted by atomic mass is 32.1. The molecular formula is C14H17N3OS. The van der Waals surface area contributed by atoms with Gasteiger partial charge in [-0.1, -0.05) is 12.2 Å². The maximum absolute atomic E-state index is 5.75. The summed E-state index contributed by atoms with van der Waals surface area (Å²) in [4.78, 5) is 8.21. The zero-order chi connectivity index (χ0) is 13.1. The first kappa shape index (κ1) is 12.4. The van der Waals surface area contributed by atoms with Crippen LogP contribution >= 0.6 is 11.3 Å². The van der Waals surface area contributed by atoms with Gasteiger partial charge in [0.15, 0.2) is 5.13 Å². The van der Waals surface area contributed by atoms with E-state index >= 15 is 0 Å². The highest BCUT2D eigenvalue weighted by Crippen LogP contribution is 2.24. The lowest BCUT2D eigenvalue weighted by Crippen LogP contribution is -2.26. The molecule has 1 aliphatic rings. The van der Waals surface area contributed by atoms with Crippen LogP contribution in [0.4, 0.5) is 5.13 Å². The molecule has 0 bridgehead atoms. The van der Waals surface area contributed by atoms with Crippen LogP contribution in [0.15, 0.2) is 29.1 Å². The zero-order valence-electron chi connectivity index (χ0n) is 10.7. The van der Waals surface area contributed by atoms with Gasteiger partial charge in [-0.2, -0.15) is 0 Å². The summed E-state index contributed by atoms with van der Waals surface area (Å²) in [5, 5.41) is 0.707. The second kappa shape index (κ2) is 5.59. The first-order valence-electron chi connectivity index (χ1n) is 6.46. The van der Waals surface area contributed by atoms with Gasteiger partial charge in [-0.3, -0.25) is 4.90 Å². The van der Waals surface area contributed by atoms with Gasteiger partial charge in [0, 0.05) is 36.5 Å². The molecular weight excluding hydrogens is 258 g/mol. The van der Waals surface area contributed by atoms with Crippen molar-refractivity contribution in [1.29, 1.82) is 0 Å². The van der Waals surface area contributed by atoms with Crippen molar-refractivity contribution in [3.63, 3.8) is 0 Å². The Morgan fingerprint density at radius 1 is 1.42 bits per heavy atom. The second-order valence-electron chi connectivity index (χ2n) is 4.68. The van der Waals surface area contributed by atoms with Gasteiger partial charge in [0.05, 0.1) is 18.2 Å². The van der Waals surface area contributed by atoms with Gasteiger partial charge in [0.1, 0.15) is 0 Å². The highest BCUT2D eigenvalue weighted by Gasteiger charge is 2.16. The van der Waals surface area contributed by atoms with E-state index in [-0.39, 0.29) is 0 Å². The van der Waals surface area contributed by atoms with E-state index in [9.17, 15) is 0 Å². The fourth-order valence-electron chi connectivity index (χ4n) is 2.32. The highest BCUT2D eigenvalue weighted by molar-refractivity contribution is 7.15. The summed E-state index contributed by atoms with van der Waals surface area (Å²) in [6.45, 7) is 3.09. The smallest absolute Gasteiger partial charge is 0.180 e. The molecule has 0 amide bonds. The Hall–Kier alpha value is -1.59. The minimum atomic E-state index is 0.707. The van der Waals surface area contributed by atoms with E-state index in [0.717, 1.165) is 38.0 Å². The predicted octanol–water partition coefficient (Wildman–Crippen LogP) is 2.43. The fourth-order valence-corrected chi connectivity index (χ4v) is 3.19. The summed E-state index contributed by atoms with van der Waals surface area (Å²) in [6, 6.07) is 1.96. The first-order chi connectivity index (χ1) is 9.31. The molecule has 100 valence electrons. The molecule has 3 heterocycles. The SMILES string of the molecule is Nc1nc2c(s1)CCN(CC=Cc1ccoc1)CC2. The van der Waals surface area contributed by atoms with Crippen molar-refractivity contribution < 1.29 is 4.42 Å². The molecule has 4 nitrogen and oxygen atoms in total. The minimum absolute atomic E-state index is 0.707. The van der Waals surface area contributed by atoms with Crippen molar-refractivity contribution >= 4 is 22.5 Å². The molecule has 5 heteroatoms. The molecule has 0 saturated heterocycles. The number of rotatable bonds is 3. The van der Waals surface area contributed by atoms with Crippen LogP contribution in [0.25, 0.3) is 6.08 Å². The number of furan rings is 1. The number of nitrogen functional groups attached to an aromatic ring is 1. The quantitative estimate of drug-likeness (QED) is 0.934. The second-order valence-corrected chi connectivity index (χ2v) is 5.80. The van der Waals surface area contributed by atoms with Crippen molar-refractivity contribution in [2.75, 3.05) is 25.4 Å². The van der Waals surface area contributed by atoms with Crippen LogP contribution in [-0.2, 0) is 12.8 Å². The lowest BCUT2D eigenvalue weighted by atomic mass is 10.2. The third-order valence-corrected chi connectivity index (χ3v) is 4.32. The molecule has 2 N–H and O–H groups in total. The van der Waals surface area contributed by atoms with Crippen molar-refractivity contribution in [3.05, 3.63) is 40.8 Å². The summed E-state index contributed by atoms with van der Waals surface area (Å²) in [6.07, 6.45) is 9.79. The van der Waals surface area contributed by atoms with Crippen LogP contribution in [0.2, 0.25) is 0 Å². The van der Waals surface area contributed by atoms with Crippen molar-refractivity contribution in [2.45, 2.75) is 12.8 Å². The molecule has 0 spiro atoms. The molecule has 2 aromatic heterocycles. The summed E-state index contributed by atoms with van der Waals surface area (Å²) in [5.74, 6) is 0. The number of thiazole rings is 1. The molecule has 0 fully saturated rings. The Morgan fingerprint density at radius 2 is 2.32 bits per heavy atom. The molecule has 1 aliphatic heterocycles. The monoisotopic (exact) mass is 275 g/mol. The van der Waals surface area contributed by atoms with Crippen LogP contribution < -0.4 is 5.73 Å². The number of anilines is 1. The van der Waals surface area contributed by atoms with Crippen molar-refractivity contribution in [3.8, 4) is 0 Å². The fraction of sp³-hybridized carbons (Fsp3) is 0.357. The Kier molecular flexibility index (Phi) is 3.66. The first-order valence-corrected chi connectivity index (χ1v) is 7.28.